The molecule has 1 aromatic rings. The van der Waals surface area contributed by atoms with Crippen LogP contribution in [0.25, 0.3) is 0 Å². The molecule has 0 saturated carbocycles. The average Bonchev–Trinajstić information content (AvgIpc) is 2.35. The van der Waals surface area contributed by atoms with Gasteiger partial charge in [-0.05, 0) is 32.4 Å². The molecule has 1 N–H and O–H groups in total. The predicted molar refractivity (Wildman–Crippen MR) is 73.3 cm³/mol. The highest BCUT2D eigenvalue weighted by atomic mass is 19.3. The Kier molecular flexibility index (Phi) is 5.42. The summed E-state index contributed by atoms with van der Waals surface area (Å²) >= 11 is 0. The molecule has 1 atom stereocenters. The highest BCUT2D eigenvalue weighted by molar-refractivity contribution is 5.90. The maximum absolute atomic E-state index is 13.1. The first-order chi connectivity index (χ1) is 9.25. The summed E-state index contributed by atoms with van der Waals surface area (Å²) in [6.45, 7) is 4.75. The number of halogens is 2. The van der Waals surface area contributed by atoms with Gasteiger partial charge in [0.25, 0.3) is 5.92 Å². The highest BCUT2D eigenvalue weighted by Gasteiger charge is 2.24. The Morgan fingerprint density at radius 2 is 2.15 bits per heavy atom. The van der Waals surface area contributed by atoms with Crippen LogP contribution in [0.1, 0.15) is 43.2 Å². The van der Waals surface area contributed by atoms with Gasteiger partial charge in [0.2, 0.25) is 0 Å². The molecule has 1 heterocycles. The fraction of sp³-hybridized carbons (Fsp3) is 0.571. The molecular formula is C14H20F2N2O2. The van der Waals surface area contributed by atoms with Crippen LogP contribution in [-0.2, 0) is 11.2 Å². The summed E-state index contributed by atoms with van der Waals surface area (Å²) in [5, 5.41) is 3.07. The normalized spacial score (nSPS) is 12.9. The van der Waals surface area contributed by atoms with Crippen molar-refractivity contribution >= 4 is 11.8 Å². The molecule has 0 fully saturated rings. The molecule has 0 unspecified atom stereocenters. The molecule has 0 radical (unpaired) electrons. The van der Waals surface area contributed by atoms with Crippen molar-refractivity contribution in [1.82, 2.24) is 4.98 Å². The van der Waals surface area contributed by atoms with E-state index in [9.17, 15) is 13.6 Å². The van der Waals surface area contributed by atoms with Crippen LogP contribution in [0.5, 0.6) is 0 Å². The minimum atomic E-state index is -2.88. The average molecular weight is 286 g/mol. The number of ether oxygens (including phenoxy) is 1. The molecule has 4 nitrogen and oxygen atoms in total. The van der Waals surface area contributed by atoms with E-state index >= 15 is 0 Å². The highest BCUT2D eigenvalue weighted by Crippen LogP contribution is 2.21. The quantitative estimate of drug-likeness (QED) is 0.815. The SMILES string of the molecule is CC[C@H](C)Nc1cc(C(=O)OC)cc(CC(C)(F)F)n1. The van der Waals surface area contributed by atoms with E-state index in [4.69, 9.17) is 0 Å². The lowest BCUT2D eigenvalue weighted by Gasteiger charge is -2.15. The van der Waals surface area contributed by atoms with Gasteiger partial charge in [0.15, 0.2) is 0 Å². The van der Waals surface area contributed by atoms with Gasteiger partial charge < -0.3 is 10.1 Å². The van der Waals surface area contributed by atoms with Crippen molar-refractivity contribution < 1.29 is 18.3 Å². The van der Waals surface area contributed by atoms with Crippen molar-refractivity contribution in [2.45, 2.75) is 45.6 Å². The van der Waals surface area contributed by atoms with E-state index in [1.807, 2.05) is 13.8 Å². The number of hydrogen-bond acceptors (Lipinski definition) is 4. The molecule has 0 aliphatic rings. The number of aromatic nitrogens is 1. The van der Waals surface area contributed by atoms with Gasteiger partial charge in [0.05, 0.1) is 19.1 Å². The molecular weight excluding hydrogens is 266 g/mol. The third-order valence-electron chi connectivity index (χ3n) is 2.80. The van der Waals surface area contributed by atoms with Crippen LogP contribution >= 0.6 is 0 Å². The van der Waals surface area contributed by atoms with Gasteiger partial charge in [-0.3, -0.25) is 0 Å². The zero-order valence-corrected chi connectivity index (χ0v) is 12.2. The molecule has 0 bridgehead atoms. The minimum Gasteiger partial charge on any atom is -0.465 e. The van der Waals surface area contributed by atoms with Crippen LogP contribution in [-0.4, -0.2) is 30.0 Å². The van der Waals surface area contributed by atoms with Crippen molar-refractivity contribution in [1.29, 1.82) is 0 Å². The molecule has 112 valence electrons. The van der Waals surface area contributed by atoms with Crippen molar-refractivity contribution in [3.05, 3.63) is 23.4 Å². The monoisotopic (exact) mass is 286 g/mol. The summed E-state index contributed by atoms with van der Waals surface area (Å²) < 4.78 is 30.8. The Labute approximate surface area is 117 Å². The number of methoxy groups -OCH3 is 1. The first-order valence-electron chi connectivity index (χ1n) is 6.48. The van der Waals surface area contributed by atoms with Crippen LogP contribution in [0.4, 0.5) is 14.6 Å². The molecule has 6 heteroatoms. The van der Waals surface area contributed by atoms with Crippen molar-refractivity contribution in [2.24, 2.45) is 0 Å². The van der Waals surface area contributed by atoms with Gasteiger partial charge in [-0.2, -0.15) is 0 Å². The van der Waals surface area contributed by atoms with E-state index in [1.54, 1.807) is 0 Å². The zero-order valence-electron chi connectivity index (χ0n) is 12.2. The molecule has 1 rings (SSSR count). The summed E-state index contributed by atoms with van der Waals surface area (Å²) in [6.07, 6.45) is 0.330. The van der Waals surface area contributed by atoms with Gasteiger partial charge in [-0.15, -0.1) is 0 Å². The molecule has 0 aliphatic heterocycles. The van der Waals surface area contributed by atoms with E-state index < -0.39 is 18.3 Å². The van der Waals surface area contributed by atoms with E-state index in [0.29, 0.717) is 5.82 Å². The maximum atomic E-state index is 13.1. The molecule has 0 amide bonds. The van der Waals surface area contributed by atoms with E-state index in [1.165, 1.54) is 19.2 Å². The number of esters is 1. The molecule has 0 spiro atoms. The Balaban J connectivity index is 3.10. The summed E-state index contributed by atoms with van der Waals surface area (Å²) in [7, 11) is 1.25. The van der Waals surface area contributed by atoms with Crippen LogP contribution < -0.4 is 5.32 Å². The maximum Gasteiger partial charge on any atom is 0.338 e. The van der Waals surface area contributed by atoms with Gasteiger partial charge in [0.1, 0.15) is 5.82 Å². The molecule has 0 aliphatic carbocycles. The first-order valence-corrected chi connectivity index (χ1v) is 6.48. The number of nitrogens with zero attached hydrogens (tertiary/aromatic N) is 1. The molecule has 0 aromatic carbocycles. The van der Waals surface area contributed by atoms with Gasteiger partial charge in [0, 0.05) is 11.7 Å². The summed E-state index contributed by atoms with van der Waals surface area (Å²) in [6, 6.07) is 2.98. The largest absolute Gasteiger partial charge is 0.465 e. The fourth-order valence-electron chi connectivity index (χ4n) is 1.66. The third kappa shape index (κ3) is 5.11. The Hall–Kier alpha value is -1.72. The number of alkyl halides is 2. The third-order valence-corrected chi connectivity index (χ3v) is 2.80. The van der Waals surface area contributed by atoms with Crippen molar-refractivity contribution in [3.8, 4) is 0 Å². The van der Waals surface area contributed by atoms with Gasteiger partial charge in [-0.1, -0.05) is 6.92 Å². The summed E-state index contributed by atoms with van der Waals surface area (Å²) in [4.78, 5) is 15.7. The van der Waals surface area contributed by atoms with Gasteiger partial charge >= 0.3 is 5.97 Å². The number of pyridine rings is 1. The Morgan fingerprint density at radius 3 is 2.65 bits per heavy atom. The Bertz CT molecular complexity index is 473. The van der Waals surface area contributed by atoms with Crippen molar-refractivity contribution in [3.63, 3.8) is 0 Å². The number of carbonyl (C=O) groups is 1. The number of hydrogen-bond donors (Lipinski definition) is 1. The summed E-state index contributed by atoms with van der Waals surface area (Å²) in [5.41, 5.74) is 0.374. The number of rotatable bonds is 6. The molecule has 20 heavy (non-hydrogen) atoms. The molecule has 1 aromatic heterocycles. The van der Waals surface area contributed by atoms with E-state index in [-0.39, 0.29) is 17.3 Å². The lowest BCUT2D eigenvalue weighted by Crippen LogP contribution is -2.19. The van der Waals surface area contributed by atoms with Crippen LogP contribution in [0.2, 0.25) is 0 Å². The fourth-order valence-corrected chi connectivity index (χ4v) is 1.66. The second-order valence-corrected chi connectivity index (χ2v) is 4.92. The number of nitrogens with one attached hydrogen (secondary N) is 1. The number of anilines is 1. The smallest absolute Gasteiger partial charge is 0.338 e. The Morgan fingerprint density at radius 1 is 1.50 bits per heavy atom. The standard InChI is InChI=1S/C14H20F2N2O2/c1-5-9(2)17-12-7-10(13(19)20-4)6-11(18-12)8-14(3,15)16/h6-7,9H,5,8H2,1-4H3,(H,17,18)/t9-/m0/s1. The van der Waals surface area contributed by atoms with E-state index in [0.717, 1.165) is 13.3 Å². The van der Waals surface area contributed by atoms with Crippen LogP contribution in [0.15, 0.2) is 12.1 Å². The lowest BCUT2D eigenvalue weighted by atomic mass is 10.1. The van der Waals surface area contributed by atoms with E-state index in [2.05, 4.69) is 15.0 Å². The summed E-state index contributed by atoms with van der Waals surface area (Å²) in [5.74, 6) is -3.04. The second-order valence-electron chi connectivity index (χ2n) is 4.92. The number of carbonyl (C=O) groups excluding carboxylic acids is 1. The lowest BCUT2D eigenvalue weighted by molar-refractivity contribution is 0.0215. The van der Waals surface area contributed by atoms with Crippen LogP contribution in [0.3, 0.4) is 0 Å². The second kappa shape index (κ2) is 6.63. The molecule has 0 saturated heterocycles. The van der Waals surface area contributed by atoms with Crippen LogP contribution in [0, 0.1) is 0 Å². The minimum absolute atomic E-state index is 0.130. The topological polar surface area (TPSA) is 51.2 Å². The first kappa shape index (κ1) is 16.3. The van der Waals surface area contributed by atoms with Crippen molar-refractivity contribution in [2.75, 3.05) is 12.4 Å². The predicted octanol–water partition coefficient (Wildman–Crippen LogP) is 3.28. The zero-order chi connectivity index (χ0) is 15.3. The van der Waals surface area contributed by atoms with Gasteiger partial charge in [-0.25, -0.2) is 18.6 Å².